The number of aromatic amines is 1. The molecule has 3 N–H and O–H groups in total. The number of nitrogens with two attached hydrogens (primary N) is 1. The average Bonchev–Trinajstić information content (AvgIpc) is 3.45. The van der Waals surface area contributed by atoms with Crippen molar-refractivity contribution in [1.82, 2.24) is 19.7 Å². The van der Waals surface area contributed by atoms with Gasteiger partial charge >= 0.3 is 5.69 Å². The number of hydrogen-bond donors (Lipinski definition) is 2. The van der Waals surface area contributed by atoms with Crippen LogP contribution in [0.4, 0.5) is 5.82 Å². The maximum Gasteiger partial charge on any atom is 0.330 e. The number of hydrogen-bond acceptors (Lipinski definition) is 8. The molecule has 0 bridgehead atoms. The van der Waals surface area contributed by atoms with E-state index in [2.05, 4.69) is 15.2 Å². The van der Waals surface area contributed by atoms with Gasteiger partial charge < -0.3 is 10.2 Å². The van der Waals surface area contributed by atoms with Gasteiger partial charge in [0.05, 0.1) is 5.75 Å². The molecule has 0 aromatic carbocycles. The van der Waals surface area contributed by atoms with Crippen LogP contribution in [-0.2, 0) is 0 Å². The standard InChI is InChI=1S/C14H15N5O4S/c15-10-9(11(21)16-13(22)19(10)7-3-4-7)8(20)5-24-14-18-17-12(23-14)6-1-2-6/h6-7H,1-5,15H2,(H,16,21,22). The molecule has 126 valence electrons. The van der Waals surface area contributed by atoms with Crippen molar-refractivity contribution < 1.29 is 9.21 Å². The minimum absolute atomic E-state index is 0.0365. The van der Waals surface area contributed by atoms with E-state index in [9.17, 15) is 14.4 Å². The lowest BCUT2D eigenvalue weighted by atomic mass is 10.2. The number of aromatic nitrogens is 4. The number of carbonyl (C=O) groups is 1. The Morgan fingerprint density at radius 2 is 2.04 bits per heavy atom. The highest BCUT2D eigenvalue weighted by molar-refractivity contribution is 7.99. The van der Waals surface area contributed by atoms with Crippen LogP contribution in [0.3, 0.4) is 0 Å². The molecule has 2 aliphatic rings. The minimum atomic E-state index is -0.760. The number of Topliss-reactive ketones (excluding diaryl/α,β-unsaturated/α-hetero) is 1. The van der Waals surface area contributed by atoms with Gasteiger partial charge in [0.25, 0.3) is 10.8 Å². The fraction of sp³-hybridized carbons (Fsp3) is 0.500. The SMILES string of the molecule is Nc1c(C(=O)CSc2nnc(C3CC3)o2)c(=O)[nH]c(=O)n1C1CC1. The average molecular weight is 349 g/mol. The smallest absolute Gasteiger partial charge is 0.330 e. The third-order valence-corrected chi connectivity index (χ3v) is 4.87. The second-order valence-corrected chi connectivity index (χ2v) is 6.94. The van der Waals surface area contributed by atoms with Gasteiger partial charge in [-0.3, -0.25) is 19.1 Å². The molecule has 2 aliphatic carbocycles. The molecule has 2 heterocycles. The molecule has 0 radical (unpaired) electrons. The van der Waals surface area contributed by atoms with Crippen molar-refractivity contribution in [3.05, 3.63) is 32.3 Å². The topological polar surface area (TPSA) is 137 Å². The summed E-state index contributed by atoms with van der Waals surface area (Å²) in [7, 11) is 0. The summed E-state index contributed by atoms with van der Waals surface area (Å²) in [6.45, 7) is 0. The van der Waals surface area contributed by atoms with Crippen LogP contribution in [0.25, 0.3) is 0 Å². The summed E-state index contributed by atoms with van der Waals surface area (Å²) < 4.78 is 6.75. The Hall–Kier alpha value is -2.36. The van der Waals surface area contributed by atoms with Gasteiger partial charge in [-0.05, 0) is 25.7 Å². The van der Waals surface area contributed by atoms with Crippen molar-refractivity contribution in [2.45, 2.75) is 42.9 Å². The summed E-state index contributed by atoms with van der Waals surface area (Å²) in [6.07, 6.45) is 3.70. The van der Waals surface area contributed by atoms with Crippen molar-refractivity contribution in [3.8, 4) is 0 Å². The second kappa shape index (κ2) is 5.62. The van der Waals surface area contributed by atoms with Crippen LogP contribution in [-0.4, -0.2) is 31.3 Å². The number of anilines is 1. The molecule has 9 nitrogen and oxygen atoms in total. The van der Waals surface area contributed by atoms with Crippen LogP contribution < -0.4 is 17.0 Å². The van der Waals surface area contributed by atoms with E-state index in [0.717, 1.165) is 37.4 Å². The fourth-order valence-corrected chi connectivity index (χ4v) is 3.15. The molecule has 0 unspecified atom stereocenters. The zero-order valence-corrected chi connectivity index (χ0v) is 13.5. The maximum atomic E-state index is 12.4. The summed E-state index contributed by atoms with van der Waals surface area (Å²) in [6, 6.07) is -0.0365. The molecule has 2 aromatic heterocycles. The molecule has 0 atom stereocenters. The van der Waals surface area contributed by atoms with Gasteiger partial charge in [0.2, 0.25) is 5.89 Å². The van der Waals surface area contributed by atoms with E-state index in [-0.39, 0.29) is 28.4 Å². The quantitative estimate of drug-likeness (QED) is 0.574. The highest BCUT2D eigenvalue weighted by atomic mass is 32.2. The first-order chi connectivity index (χ1) is 11.5. The molecular weight excluding hydrogens is 334 g/mol. The van der Waals surface area contributed by atoms with Crippen LogP contribution >= 0.6 is 11.8 Å². The number of nitrogens with zero attached hydrogens (tertiary/aromatic N) is 3. The highest BCUT2D eigenvalue weighted by Gasteiger charge is 2.31. The molecular formula is C14H15N5O4S. The van der Waals surface area contributed by atoms with E-state index in [1.807, 2.05) is 0 Å². The molecule has 0 amide bonds. The van der Waals surface area contributed by atoms with Crippen LogP contribution in [0.1, 0.15) is 53.9 Å². The number of thioether (sulfide) groups is 1. The predicted molar refractivity (Wildman–Crippen MR) is 85.3 cm³/mol. The first kappa shape index (κ1) is 15.2. The molecule has 0 saturated heterocycles. The van der Waals surface area contributed by atoms with Crippen molar-refractivity contribution >= 4 is 23.4 Å². The first-order valence-corrected chi connectivity index (χ1v) is 8.67. The lowest BCUT2D eigenvalue weighted by molar-refractivity contribution is 0.102. The van der Waals surface area contributed by atoms with Gasteiger partial charge in [-0.1, -0.05) is 11.8 Å². The molecule has 4 rings (SSSR count). The summed E-state index contributed by atoms with van der Waals surface area (Å²) >= 11 is 1.06. The Labute approximate surface area is 139 Å². The highest BCUT2D eigenvalue weighted by Crippen LogP contribution is 2.40. The van der Waals surface area contributed by atoms with Gasteiger partial charge in [0, 0.05) is 12.0 Å². The molecule has 2 aromatic rings. The molecule has 10 heteroatoms. The third kappa shape index (κ3) is 2.77. The van der Waals surface area contributed by atoms with E-state index >= 15 is 0 Å². The van der Waals surface area contributed by atoms with Crippen LogP contribution in [0.5, 0.6) is 0 Å². The van der Waals surface area contributed by atoms with Gasteiger partial charge in [-0.25, -0.2) is 4.79 Å². The van der Waals surface area contributed by atoms with Gasteiger partial charge in [0.15, 0.2) is 5.78 Å². The summed E-state index contributed by atoms with van der Waals surface area (Å²) in [4.78, 5) is 38.4. The monoisotopic (exact) mass is 349 g/mol. The largest absolute Gasteiger partial charge is 0.416 e. The van der Waals surface area contributed by atoms with Crippen molar-refractivity contribution in [2.24, 2.45) is 0 Å². The lowest BCUT2D eigenvalue weighted by Crippen LogP contribution is -2.36. The minimum Gasteiger partial charge on any atom is -0.416 e. The third-order valence-electron chi connectivity index (χ3n) is 4.05. The van der Waals surface area contributed by atoms with Crippen LogP contribution in [0, 0.1) is 0 Å². The number of nitrogen functional groups attached to an aromatic ring is 1. The summed E-state index contributed by atoms with van der Waals surface area (Å²) in [5.74, 6) is 0.315. The zero-order valence-electron chi connectivity index (χ0n) is 12.7. The van der Waals surface area contributed by atoms with Crippen LogP contribution in [0.15, 0.2) is 19.2 Å². The number of carbonyl (C=O) groups excluding carboxylic acids is 1. The van der Waals surface area contributed by atoms with E-state index in [1.54, 1.807) is 0 Å². The predicted octanol–water partition coefficient (Wildman–Crippen LogP) is 0.689. The Morgan fingerprint density at radius 3 is 2.71 bits per heavy atom. The van der Waals surface area contributed by atoms with E-state index in [0.29, 0.717) is 11.8 Å². The fourth-order valence-electron chi connectivity index (χ4n) is 2.50. The Balaban J connectivity index is 1.54. The maximum absolute atomic E-state index is 12.4. The lowest BCUT2D eigenvalue weighted by Gasteiger charge is -2.10. The first-order valence-electron chi connectivity index (χ1n) is 7.68. The second-order valence-electron chi connectivity index (χ2n) is 6.01. The Morgan fingerprint density at radius 1 is 1.29 bits per heavy atom. The zero-order chi connectivity index (χ0) is 16.8. The Bertz CT molecular complexity index is 922. The molecule has 2 fully saturated rings. The van der Waals surface area contributed by atoms with E-state index in [1.165, 1.54) is 4.57 Å². The molecule has 2 saturated carbocycles. The summed E-state index contributed by atoms with van der Waals surface area (Å²) in [5, 5.41) is 8.10. The number of H-pyrrole nitrogens is 1. The van der Waals surface area contributed by atoms with Gasteiger partial charge in [0.1, 0.15) is 11.4 Å². The number of ketones is 1. The molecule has 0 spiro atoms. The van der Waals surface area contributed by atoms with Gasteiger partial charge in [-0.2, -0.15) is 0 Å². The normalized spacial score (nSPS) is 17.2. The van der Waals surface area contributed by atoms with Crippen molar-refractivity contribution in [2.75, 3.05) is 11.5 Å². The number of nitrogens with one attached hydrogen (secondary N) is 1. The van der Waals surface area contributed by atoms with E-state index in [4.69, 9.17) is 10.2 Å². The number of rotatable bonds is 6. The van der Waals surface area contributed by atoms with Gasteiger partial charge in [-0.15, -0.1) is 10.2 Å². The van der Waals surface area contributed by atoms with Crippen LogP contribution in [0.2, 0.25) is 0 Å². The Kier molecular flexibility index (Phi) is 3.56. The van der Waals surface area contributed by atoms with Crippen molar-refractivity contribution in [1.29, 1.82) is 0 Å². The molecule has 0 aliphatic heterocycles. The van der Waals surface area contributed by atoms with E-state index < -0.39 is 17.0 Å². The van der Waals surface area contributed by atoms with Crippen molar-refractivity contribution in [3.63, 3.8) is 0 Å². The summed E-state index contributed by atoms with van der Waals surface area (Å²) in [5.41, 5.74) is 4.39. The molecule has 24 heavy (non-hydrogen) atoms.